The smallest absolute Gasteiger partial charge is 0.305 e. The first-order chi connectivity index (χ1) is 9.33. The van der Waals surface area contributed by atoms with Crippen LogP contribution in [-0.2, 0) is 19.0 Å². The van der Waals surface area contributed by atoms with E-state index in [9.17, 15) is 4.79 Å². The Kier molecular flexibility index (Phi) is 9.72. The summed E-state index contributed by atoms with van der Waals surface area (Å²) in [6.07, 6.45) is 11.3. The van der Waals surface area contributed by atoms with Crippen LogP contribution >= 0.6 is 0 Å². The number of carbonyl (C=O) groups excluding carboxylic acids is 1. The summed E-state index contributed by atoms with van der Waals surface area (Å²) in [7, 11) is 1.45. The van der Waals surface area contributed by atoms with Crippen LogP contribution in [0.25, 0.3) is 0 Å². The molecule has 0 unspecified atom stereocenters. The Labute approximate surface area is 116 Å². The molecule has 1 saturated heterocycles. The van der Waals surface area contributed by atoms with E-state index in [4.69, 9.17) is 9.47 Å². The van der Waals surface area contributed by atoms with E-state index in [0.717, 1.165) is 32.5 Å². The van der Waals surface area contributed by atoms with Gasteiger partial charge in [-0.05, 0) is 19.3 Å². The summed E-state index contributed by atoms with van der Waals surface area (Å²) in [5.41, 5.74) is 0. The number of hydrogen-bond acceptors (Lipinski definition) is 4. The third-order valence-electron chi connectivity index (χ3n) is 3.49. The van der Waals surface area contributed by atoms with Gasteiger partial charge in [0.1, 0.15) is 0 Å². The van der Waals surface area contributed by atoms with Crippen LogP contribution in [0.4, 0.5) is 0 Å². The van der Waals surface area contributed by atoms with Gasteiger partial charge in [0, 0.05) is 6.42 Å². The molecule has 0 saturated carbocycles. The molecule has 112 valence electrons. The molecule has 0 spiro atoms. The van der Waals surface area contributed by atoms with Crippen molar-refractivity contribution in [3.8, 4) is 0 Å². The molecule has 0 radical (unpaired) electrons. The van der Waals surface area contributed by atoms with E-state index >= 15 is 0 Å². The number of carbonyl (C=O) groups is 1. The van der Waals surface area contributed by atoms with Crippen LogP contribution in [0.15, 0.2) is 0 Å². The van der Waals surface area contributed by atoms with Crippen molar-refractivity contribution < 1.29 is 19.0 Å². The monoisotopic (exact) mass is 272 g/mol. The van der Waals surface area contributed by atoms with E-state index in [2.05, 4.69) is 4.74 Å². The van der Waals surface area contributed by atoms with E-state index in [0.29, 0.717) is 6.42 Å². The molecule has 1 aliphatic heterocycles. The minimum absolute atomic E-state index is 0.0679. The van der Waals surface area contributed by atoms with Gasteiger partial charge in [-0.3, -0.25) is 4.79 Å². The molecule has 0 bridgehead atoms. The second-order valence-corrected chi connectivity index (χ2v) is 5.11. The van der Waals surface area contributed by atoms with Gasteiger partial charge in [-0.2, -0.15) is 0 Å². The molecular formula is C15H28O4. The van der Waals surface area contributed by atoms with Crippen molar-refractivity contribution in [1.82, 2.24) is 0 Å². The lowest BCUT2D eigenvalue weighted by atomic mass is 10.1. The molecule has 19 heavy (non-hydrogen) atoms. The highest BCUT2D eigenvalue weighted by Crippen LogP contribution is 2.15. The zero-order valence-corrected chi connectivity index (χ0v) is 12.2. The fourth-order valence-corrected chi connectivity index (χ4v) is 2.32. The molecule has 0 amide bonds. The quantitative estimate of drug-likeness (QED) is 0.427. The predicted molar refractivity (Wildman–Crippen MR) is 73.9 cm³/mol. The van der Waals surface area contributed by atoms with Gasteiger partial charge in [0.25, 0.3) is 0 Å². The number of ether oxygens (including phenoxy) is 3. The van der Waals surface area contributed by atoms with Gasteiger partial charge in [-0.15, -0.1) is 0 Å². The van der Waals surface area contributed by atoms with Crippen LogP contribution < -0.4 is 0 Å². The van der Waals surface area contributed by atoms with Crippen LogP contribution in [0, 0.1) is 0 Å². The van der Waals surface area contributed by atoms with Crippen molar-refractivity contribution in [2.24, 2.45) is 0 Å². The highest BCUT2D eigenvalue weighted by Gasteiger charge is 2.14. The summed E-state index contributed by atoms with van der Waals surface area (Å²) in [6, 6.07) is 0. The Hall–Kier alpha value is -0.610. The van der Waals surface area contributed by atoms with Crippen LogP contribution in [0.5, 0.6) is 0 Å². The first-order valence-electron chi connectivity index (χ1n) is 7.63. The molecule has 1 aliphatic rings. The summed E-state index contributed by atoms with van der Waals surface area (Å²) in [4.78, 5) is 10.9. The van der Waals surface area contributed by atoms with E-state index < -0.39 is 0 Å². The van der Waals surface area contributed by atoms with Crippen molar-refractivity contribution in [3.63, 3.8) is 0 Å². The van der Waals surface area contributed by atoms with Gasteiger partial charge < -0.3 is 14.2 Å². The molecule has 0 aliphatic carbocycles. The second kappa shape index (κ2) is 11.2. The standard InChI is InChI=1S/C15H28O4/c1-17-14(16)10-8-6-4-2-3-5-7-9-11-15-18-12-13-19-15/h15H,2-13H2,1H3. The van der Waals surface area contributed by atoms with Crippen LogP contribution in [0.3, 0.4) is 0 Å². The zero-order valence-electron chi connectivity index (χ0n) is 12.2. The van der Waals surface area contributed by atoms with Crippen LogP contribution in [-0.4, -0.2) is 32.6 Å². The average Bonchev–Trinajstić information content (AvgIpc) is 2.93. The van der Waals surface area contributed by atoms with E-state index in [-0.39, 0.29) is 12.3 Å². The van der Waals surface area contributed by atoms with Crippen LogP contribution in [0.2, 0.25) is 0 Å². The zero-order chi connectivity index (χ0) is 13.8. The molecule has 1 heterocycles. The molecule has 1 fully saturated rings. The first-order valence-corrected chi connectivity index (χ1v) is 7.63. The third kappa shape index (κ3) is 9.00. The average molecular weight is 272 g/mol. The lowest BCUT2D eigenvalue weighted by molar-refractivity contribution is -0.140. The molecule has 4 nitrogen and oxygen atoms in total. The summed E-state index contributed by atoms with van der Waals surface area (Å²) in [6.45, 7) is 1.52. The van der Waals surface area contributed by atoms with Crippen molar-refractivity contribution in [2.75, 3.05) is 20.3 Å². The number of unbranched alkanes of at least 4 members (excludes halogenated alkanes) is 7. The molecule has 0 aromatic rings. The van der Waals surface area contributed by atoms with Gasteiger partial charge in [0.15, 0.2) is 6.29 Å². The molecule has 0 atom stereocenters. The van der Waals surface area contributed by atoms with E-state index in [1.54, 1.807) is 0 Å². The lowest BCUT2D eigenvalue weighted by Gasteiger charge is -2.08. The van der Waals surface area contributed by atoms with Crippen LogP contribution in [0.1, 0.15) is 64.2 Å². The van der Waals surface area contributed by atoms with Crippen molar-refractivity contribution >= 4 is 5.97 Å². The van der Waals surface area contributed by atoms with Gasteiger partial charge in [0.2, 0.25) is 0 Å². The molecule has 0 aromatic heterocycles. The third-order valence-corrected chi connectivity index (χ3v) is 3.49. The Morgan fingerprint density at radius 2 is 1.47 bits per heavy atom. The molecular weight excluding hydrogens is 244 g/mol. The number of hydrogen-bond donors (Lipinski definition) is 0. The molecule has 4 heteroatoms. The van der Waals surface area contributed by atoms with Crippen molar-refractivity contribution in [1.29, 1.82) is 0 Å². The maximum Gasteiger partial charge on any atom is 0.305 e. The highest BCUT2D eigenvalue weighted by molar-refractivity contribution is 5.68. The second-order valence-electron chi connectivity index (χ2n) is 5.11. The van der Waals surface area contributed by atoms with Gasteiger partial charge in [-0.25, -0.2) is 0 Å². The fourth-order valence-electron chi connectivity index (χ4n) is 2.32. The normalized spacial score (nSPS) is 15.8. The van der Waals surface area contributed by atoms with Crippen molar-refractivity contribution in [3.05, 3.63) is 0 Å². The molecule has 1 rings (SSSR count). The van der Waals surface area contributed by atoms with Gasteiger partial charge in [-0.1, -0.05) is 38.5 Å². The Balaban J connectivity index is 1.72. The maximum absolute atomic E-state index is 10.9. The number of methoxy groups -OCH3 is 1. The fraction of sp³-hybridized carbons (Fsp3) is 0.933. The summed E-state index contributed by atoms with van der Waals surface area (Å²) in [5.74, 6) is -0.0867. The maximum atomic E-state index is 10.9. The topological polar surface area (TPSA) is 44.8 Å². The minimum Gasteiger partial charge on any atom is -0.469 e. The number of rotatable bonds is 11. The first kappa shape index (κ1) is 16.4. The lowest BCUT2D eigenvalue weighted by Crippen LogP contribution is -2.06. The Morgan fingerprint density at radius 3 is 2.05 bits per heavy atom. The SMILES string of the molecule is COC(=O)CCCCCCCCCCC1OCCO1. The van der Waals surface area contributed by atoms with Gasteiger partial charge >= 0.3 is 5.97 Å². The van der Waals surface area contributed by atoms with E-state index in [1.165, 1.54) is 45.6 Å². The molecule has 0 aromatic carbocycles. The van der Waals surface area contributed by atoms with Crippen molar-refractivity contribution in [2.45, 2.75) is 70.5 Å². The minimum atomic E-state index is -0.0867. The summed E-state index contributed by atoms with van der Waals surface area (Å²) < 4.78 is 15.4. The molecule has 0 N–H and O–H groups in total. The van der Waals surface area contributed by atoms with E-state index in [1.807, 2.05) is 0 Å². The summed E-state index contributed by atoms with van der Waals surface area (Å²) in [5, 5.41) is 0. The largest absolute Gasteiger partial charge is 0.469 e. The predicted octanol–water partition coefficient (Wildman–Crippen LogP) is 3.43. The van der Waals surface area contributed by atoms with Gasteiger partial charge in [0.05, 0.1) is 20.3 Å². The summed E-state index contributed by atoms with van der Waals surface area (Å²) >= 11 is 0. The Morgan fingerprint density at radius 1 is 0.947 bits per heavy atom. The Bertz CT molecular complexity index is 224. The number of esters is 1. The highest BCUT2D eigenvalue weighted by atomic mass is 16.7.